The van der Waals surface area contributed by atoms with Crippen molar-refractivity contribution in [3.8, 4) is 6.07 Å². The molecule has 0 saturated carbocycles. The van der Waals surface area contributed by atoms with Crippen LogP contribution >= 0.6 is 11.6 Å². The van der Waals surface area contributed by atoms with Gasteiger partial charge in [0.05, 0.1) is 5.56 Å². The molecular weight excluding hydrogens is 312 g/mol. The van der Waals surface area contributed by atoms with Crippen molar-refractivity contribution in [1.82, 2.24) is 4.31 Å². The van der Waals surface area contributed by atoms with Gasteiger partial charge in [-0.2, -0.15) is 9.57 Å². The standard InChI is InChI=1S/C14H17ClN2O3S/c15-12-5-4-11(10-16)14(9-12)21(19,20)17-7-2-1-3-13(17)6-8-18/h4-5,9,13,18H,1-3,6-8H2. The molecule has 1 N–H and O–H groups in total. The SMILES string of the molecule is N#Cc1ccc(Cl)cc1S(=O)(=O)N1CCCCC1CCO. The van der Waals surface area contributed by atoms with E-state index in [-0.39, 0.29) is 28.1 Å². The summed E-state index contributed by atoms with van der Waals surface area (Å²) < 4.78 is 27.1. The lowest BCUT2D eigenvalue weighted by Crippen LogP contribution is -2.44. The van der Waals surface area contributed by atoms with E-state index in [2.05, 4.69) is 0 Å². The zero-order chi connectivity index (χ0) is 15.5. The summed E-state index contributed by atoms with van der Waals surface area (Å²) >= 11 is 5.88. The van der Waals surface area contributed by atoms with Crippen LogP contribution in [0.5, 0.6) is 0 Å². The van der Waals surface area contributed by atoms with Crippen molar-refractivity contribution in [2.45, 2.75) is 36.6 Å². The van der Waals surface area contributed by atoms with Crippen LogP contribution in [0, 0.1) is 11.3 Å². The first-order valence-corrected chi connectivity index (χ1v) is 8.65. The lowest BCUT2D eigenvalue weighted by Gasteiger charge is -2.34. The molecule has 21 heavy (non-hydrogen) atoms. The van der Waals surface area contributed by atoms with Crippen LogP contribution in [0.1, 0.15) is 31.2 Å². The number of hydrogen-bond acceptors (Lipinski definition) is 4. The van der Waals surface area contributed by atoms with E-state index in [1.807, 2.05) is 6.07 Å². The van der Waals surface area contributed by atoms with Crippen LogP contribution in [0.3, 0.4) is 0 Å². The highest BCUT2D eigenvalue weighted by Crippen LogP contribution is 2.29. The first kappa shape index (κ1) is 16.2. The molecule has 1 aromatic rings. The molecule has 0 bridgehead atoms. The minimum Gasteiger partial charge on any atom is -0.396 e. The Balaban J connectivity index is 2.45. The van der Waals surface area contributed by atoms with Gasteiger partial charge in [-0.25, -0.2) is 8.42 Å². The van der Waals surface area contributed by atoms with Crippen LogP contribution in [0.2, 0.25) is 5.02 Å². The molecule has 0 spiro atoms. The van der Waals surface area contributed by atoms with E-state index in [1.165, 1.54) is 22.5 Å². The molecule has 114 valence electrons. The number of sulfonamides is 1. The molecule has 1 heterocycles. The smallest absolute Gasteiger partial charge is 0.244 e. The van der Waals surface area contributed by atoms with Gasteiger partial charge < -0.3 is 5.11 Å². The molecule has 1 aromatic carbocycles. The maximum absolute atomic E-state index is 12.8. The number of aliphatic hydroxyl groups is 1. The topological polar surface area (TPSA) is 81.4 Å². The monoisotopic (exact) mass is 328 g/mol. The molecule has 1 atom stereocenters. The first-order valence-electron chi connectivity index (χ1n) is 6.83. The average Bonchev–Trinajstić information content (AvgIpc) is 2.48. The first-order chi connectivity index (χ1) is 10.0. The molecule has 0 amide bonds. The number of halogens is 1. The summed E-state index contributed by atoms with van der Waals surface area (Å²) in [7, 11) is -3.78. The van der Waals surface area contributed by atoms with Gasteiger partial charge in [0, 0.05) is 24.2 Å². The summed E-state index contributed by atoms with van der Waals surface area (Å²) in [6, 6.07) is 5.91. The Labute approximate surface area is 129 Å². The van der Waals surface area contributed by atoms with Crippen LogP contribution in [-0.4, -0.2) is 37.0 Å². The molecule has 5 nitrogen and oxygen atoms in total. The number of nitrogens with zero attached hydrogens (tertiary/aromatic N) is 2. The van der Waals surface area contributed by atoms with Crippen LogP contribution in [0.4, 0.5) is 0 Å². The van der Waals surface area contributed by atoms with E-state index in [9.17, 15) is 8.42 Å². The molecule has 1 fully saturated rings. The quantitative estimate of drug-likeness (QED) is 0.918. The second-order valence-electron chi connectivity index (χ2n) is 5.03. The number of aliphatic hydroxyl groups excluding tert-OH is 1. The molecule has 2 rings (SSSR count). The van der Waals surface area contributed by atoms with Gasteiger partial charge in [0.2, 0.25) is 10.0 Å². The Morgan fingerprint density at radius 1 is 1.43 bits per heavy atom. The van der Waals surface area contributed by atoms with Gasteiger partial charge in [0.1, 0.15) is 11.0 Å². The second-order valence-corrected chi connectivity index (χ2v) is 7.33. The maximum atomic E-state index is 12.8. The number of rotatable bonds is 4. The number of nitriles is 1. The lowest BCUT2D eigenvalue weighted by atomic mass is 10.0. The van der Waals surface area contributed by atoms with Gasteiger partial charge in [-0.15, -0.1) is 0 Å². The molecule has 7 heteroatoms. The van der Waals surface area contributed by atoms with Crippen molar-refractivity contribution in [3.63, 3.8) is 0 Å². The lowest BCUT2D eigenvalue weighted by molar-refractivity contribution is 0.192. The zero-order valence-corrected chi connectivity index (χ0v) is 13.1. The van der Waals surface area contributed by atoms with Crippen LogP contribution in [-0.2, 0) is 10.0 Å². The minimum absolute atomic E-state index is 0.0534. The largest absolute Gasteiger partial charge is 0.396 e. The molecule has 1 aliphatic heterocycles. The summed E-state index contributed by atoms with van der Waals surface area (Å²) in [5.41, 5.74) is 0.0905. The summed E-state index contributed by atoms with van der Waals surface area (Å²) in [5, 5.41) is 18.5. The van der Waals surface area contributed by atoms with Crippen molar-refractivity contribution in [2.75, 3.05) is 13.2 Å². The maximum Gasteiger partial charge on any atom is 0.244 e. The summed E-state index contributed by atoms with van der Waals surface area (Å²) in [4.78, 5) is -0.0534. The van der Waals surface area contributed by atoms with Crippen molar-refractivity contribution < 1.29 is 13.5 Å². The Hall–Kier alpha value is -1.13. The van der Waals surface area contributed by atoms with Crippen LogP contribution in [0.25, 0.3) is 0 Å². The predicted molar refractivity (Wildman–Crippen MR) is 79.4 cm³/mol. The minimum atomic E-state index is -3.78. The van der Waals surface area contributed by atoms with Crippen molar-refractivity contribution in [3.05, 3.63) is 28.8 Å². The number of piperidine rings is 1. The van der Waals surface area contributed by atoms with Crippen molar-refractivity contribution in [2.24, 2.45) is 0 Å². The fourth-order valence-electron chi connectivity index (χ4n) is 2.66. The Bertz CT molecular complexity index is 653. The van der Waals surface area contributed by atoms with Crippen LogP contribution in [0.15, 0.2) is 23.1 Å². The molecule has 0 aromatic heterocycles. The highest BCUT2D eigenvalue weighted by atomic mass is 35.5. The number of hydrogen-bond donors (Lipinski definition) is 1. The number of benzene rings is 1. The highest BCUT2D eigenvalue weighted by molar-refractivity contribution is 7.89. The predicted octanol–water partition coefficient (Wildman–Crippen LogP) is 2.14. The fraction of sp³-hybridized carbons (Fsp3) is 0.500. The second kappa shape index (κ2) is 6.75. The molecular formula is C14H17ClN2O3S. The van der Waals surface area contributed by atoms with Gasteiger partial charge in [0.25, 0.3) is 0 Å². The molecule has 1 aliphatic rings. The van der Waals surface area contributed by atoms with E-state index in [4.69, 9.17) is 22.0 Å². The van der Waals surface area contributed by atoms with E-state index in [0.717, 1.165) is 19.3 Å². The fourth-order valence-corrected chi connectivity index (χ4v) is 4.79. The third-order valence-corrected chi connectivity index (χ3v) is 5.91. The molecule has 0 aliphatic carbocycles. The summed E-state index contributed by atoms with van der Waals surface area (Å²) in [6.45, 7) is 0.349. The molecule has 0 radical (unpaired) electrons. The van der Waals surface area contributed by atoms with E-state index in [1.54, 1.807) is 0 Å². The van der Waals surface area contributed by atoms with Crippen molar-refractivity contribution in [1.29, 1.82) is 5.26 Å². The molecule has 1 unspecified atom stereocenters. The zero-order valence-electron chi connectivity index (χ0n) is 11.5. The van der Waals surface area contributed by atoms with E-state index in [0.29, 0.717) is 13.0 Å². The Morgan fingerprint density at radius 2 is 2.19 bits per heavy atom. The van der Waals surface area contributed by atoms with Gasteiger partial charge in [-0.3, -0.25) is 0 Å². The Morgan fingerprint density at radius 3 is 2.86 bits per heavy atom. The van der Waals surface area contributed by atoms with Crippen LogP contribution < -0.4 is 0 Å². The van der Waals surface area contributed by atoms with Gasteiger partial charge in [0.15, 0.2) is 0 Å². The summed E-state index contributed by atoms with van der Waals surface area (Å²) in [6.07, 6.45) is 2.85. The Kier molecular flexibility index (Phi) is 5.22. The van der Waals surface area contributed by atoms with E-state index < -0.39 is 10.0 Å². The third-order valence-electron chi connectivity index (χ3n) is 3.69. The van der Waals surface area contributed by atoms with Gasteiger partial charge >= 0.3 is 0 Å². The average molecular weight is 329 g/mol. The van der Waals surface area contributed by atoms with Gasteiger partial charge in [-0.1, -0.05) is 18.0 Å². The highest BCUT2D eigenvalue weighted by Gasteiger charge is 2.34. The van der Waals surface area contributed by atoms with Crippen molar-refractivity contribution >= 4 is 21.6 Å². The summed E-state index contributed by atoms with van der Waals surface area (Å²) in [5.74, 6) is 0. The van der Waals surface area contributed by atoms with Gasteiger partial charge in [-0.05, 0) is 37.5 Å². The van der Waals surface area contributed by atoms with E-state index >= 15 is 0 Å². The normalized spacial score (nSPS) is 20.1. The third kappa shape index (κ3) is 3.38. The molecule has 1 saturated heterocycles.